The summed E-state index contributed by atoms with van der Waals surface area (Å²) in [4.78, 5) is 14.6. The Hall–Kier alpha value is -1.56. The number of hydrogen-bond acceptors (Lipinski definition) is 5. The molecule has 0 aromatic carbocycles. The van der Waals surface area contributed by atoms with Crippen LogP contribution in [0.5, 0.6) is 0 Å². The van der Waals surface area contributed by atoms with E-state index in [9.17, 15) is 4.79 Å². The summed E-state index contributed by atoms with van der Waals surface area (Å²) in [5, 5.41) is 11.1. The lowest BCUT2D eigenvalue weighted by Gasteiger charge is -1.99. The molecule has 1 aromatic heterocycles. The Kier molecular flexibility index (Phi) is 2.86. The van der Waals surface area contributed by atoms with Gasteiger partial charge in [-0.3, -0.25) is 5.32 Å². The van der Waals surface area contributed by atoms with Gasteiger partial charge in [0.25, 0.3) is 0 Å². The largest absolute Gasteiger partial charge is 0.453 e. The summed E-state index contributed by atoms with van der Waals surface area (Å²) >= 11 is 0. The first-order chi connectivity index (χ1) is 6.17. The van der Waals surface area contributed by atoms with Gasteiger partial charge in [-0.2, -0.15) is 0 Å². The van der Waals surface area contributed by atoms with Crippen molar-refractivity contribution in [2.75, 3.05) is 12.4 Å². The lowest BCUT2D eigenvalue weighted by Crippen LogP contribution is -2.11. The first-order valence-corrected chi connectivity index (χ1v) is 3.59. The Balaban J connectivity index is 2.80. The molecule has 0 saturated carbocycles. The maximum Gasteiger partial charge on any atom is 0.413 e. The molecule has 13 heavy (non-hydrogen) atoms. The maximum atomic E-state index is 10.8. The molecule has 0 radical (unpaired) electrons. The van der Waals surface area contributed by atoms with Crippen LogP contribution in [0.4, 0.5) is 10.7 Å². The Bertz CT molecular complexity index is 307. The van der Waals surface area contributed by atoms with Gasteiger partial charge in [0.15, 0.2) is 5.89 Å². The van der Waals surface area contributed by atoms with Crippen molar-refractivity contribution in [2.24, 2.45) is 0 Å². The summed E-state index contributed by atoms with van der Waals surface area (Å²) in [6, 6.07) is 0. The number of carbonyl (C=O) groups is 1. The van der Waals surface area contributed by atoms with Crippen LogP contribution in [0.25, 0.3) is 0 Å². The molecule has 0 saturated heterocycles. The second-order valence-electron chi connectivity index (χ2n) is 2.28. The molecule has 0 bridgehead atoms. The van der Waals surface area contributed by atoms with Crippen LogP contribution in [0.1, 0.15) is 11.6 Å². The Morgan fingerprint density at radius 1 is 1.77 bits per heavy atom. The average Bonchev–Trinajstić information content (AvgIpc) is 2.46. The number of nitrogens with zero attached hydrogens (tertiary/aromatic N) is 1. The first kappa shape index (κ1) is 9.53. The van der Waals surface area contributed by atoms with E-state index >= 15 is 0 Å². The number of rotatable bonds is 2. The Labute approximate surface area is 74.5 Å². The van der Waals surface area contributed by atoms with Crippen molar-refractivity contribution >= 4 is 12.0 Å². The number of ether oxygens (including phenoxy) is 1. The predicted molar refractivity (Wildman–Crippen MR) is 43.2 cm³/mol. The normalized spacial score (nSPS) is 9.77. The molecule has 1 rings (SSSR count). The Morgan fingerprint density at radius 3 is 3.00 bits per heavy atom. The second-order valence-corrected chi connectivity index (χ2v) is 2.28. The molecular weight excluding hydrogens is 176 g/mol. The number of nitrogens with one attached hydrogen (secondary N) is 1. The molecule has 0 aliphatic heterocycles. The van der Waals surface area contributed by atoms with Crippen molar-refractivity contribution in [2.45, 2.75) is 13.5 Å². The molecule has 0 unspecified atom stereocenters. The van der Waals surface area contributed by atoms with Crippen molar-refractivity contribution in [3.8, 4) is 0 Å². The molecule has 0 atom stereocenters. The van der Waals surface area contributed by atoms with Crippen LogP contribution in [-0.2, 0) is 11.3 Å². The molecule has 2 N–H and O–H groups in total. The van der Waals surface area contributed by atoms with Crippen molar-refractivity contribution in [3.63, 3.8) is 0 Å². The van der Waals surface area contributed by atoms with Gasteiger partial charge in [0.1, 0.15) is 5.69 Å². The van der Waals surface area contributed by atoms with Crippen molar-refractivity contribution in [3.05, 3.63) is 11.6 Å². The molecule has 0 aliphatic carbocycles. The summed E-state index contributed by atoms with van der Waals surface area (Å²) in [6.45, 7) is 1.32. The monoisotopic (exact) mass is 186 g/mol. The van der Waals surface area contributed by atoms with E-state index < -0.39 is 6.09 Å². The fraction of sp³-hybridized carbons (Fsp3) is 0.429. The van der Waals surface area contributed by atoms with Gasteiger partial charge >= 0.3 is 6.09 Å². The van der Waals surface area contributed by atoms with E-state index in [2.05, 4.69) is 15.0 Å². The first-order valence-electron chi connectivity index (χ1n) is 3.59. The van der Waals surface area contributed by atoms with E-state index in [4.69, 9.17) is 9.52 Å². The van der Waals surface area contributed by atoms with Crippen LogP contribution in [0.3, 0.4) is 0 Å². The topological polar surface area (TPSA) is 84.6 Å². The summed E-state index contributed by atoms with van der Waals surface area (Å²) in [5.74, 6) is 0.488. The molecule has 72 valence electrons. The lowest BCUT2D eigenvalue weighted by atomic mass is 10.5. The van der Waals surface area contributed by atoms with Gasteiger partial charge in [0, 0.05) is 6.92 Å². The van der Waals surface area contributed by atoms with Crippen LogP contribution in [0.2, 0.25) is 0 Å². The number of oxazole rings is 1. The van der Waals surface area contributed by atoms with Gasteiger partial charge in [0.05, 0.1) is 13.7 Å². The zero-order valence-electron chi connectivity index (χ0n) is 7.33. The maximum absolute atomic E-state index is 10.8. The number of aliphatic hydroxyl groups excluding tert-OH is 1. The average molecular weight is 186 g/mol. The number of amides is 1. The van der Waals surface area contributed by atoms with E-state index in [0.29, 0.717) is 5.89 Å². The van der Waals surface area contributed by atoms with Crippen LogP contribution in [0.15, 0.2) is 4.42 Å². The van der Waals surface area contributed by atoms with Gasteiger partial charge in [0.2, 0.25) is 5.88 Å². The minimum absolute atomic E-state index is 0.117. The van der Waals surface area contributed by atoms with Crippen molar-refractivity contribution in [1.82, 2.24) is 4.98 Å². The second kappa shape index (κ2) is 3.90. The van der Waals surface area contributed by atoms with E-state index in [1.165, 1.54) is 7.11 Å². The molecule has 1 aromatic rings. The minimum atomic E-state index is -0.661. The third-order valence-electron chi connectivity index (χ3n) is 1.36. The summed E-state index contributed by atoms with van der Waals surface area (Å²) < 4.78 is 9.34. The zero-order valence-corrected chi connectivity index (χ0v) is 7.33. The molecule has 1 amide bonds. The molecule has 6 nitrogen and oxygen atoms in total. The smallest absolute Gasteiger partial charge is 0.413 e. The number of aryl methyl sites for hydroxylation is 1. The highest BCUT2D eigenvalue weighted by molar-refractivity contribution is 5.83. The lowest BCUT2D eigenvalue weighted by molar-refractivity contribution is 0.186. The number of hydrogen-bond donors (Lipinski definition) is 2. The number of anilines is 1. The fourth-order valence-corrected chi connectivity index (χ4v) is 0.819. The van der Waals surface area contributed by atoms with Crippen molar-refractivity contribution < 1.29 is 19.1 Å². The molecule has 1 heterocycles. The van der Waals surface area contributed by atoms with Gasteiger partial charge in [-0.1, -0.05) is 0 Å². The number of aliphatic hydroxyl groups is 1. The molecule has 6 heteroatoms. The molecule has 0 fully saturated rings. The highest BCUT2D eigenvalue weighted by Crippen LogP contribution is 2.16. The van der Waals surface area contributed by atoms with Crippen LogP contribution in [-0.4, -0.2) is 23.3 Å². The number of aromatic nitrogens is 1. The molecular formula is C7H10N2O4. The van der Waals surface area contributed by atoms with E-state index in [0.717, 1.165) is 0 Å². The predicted octanol–water partition coefficient (Wildman–Crippen LogP) is 0.654. The van der Waals surface area contributed by atoms with Gasteiger partial charge in [-0.25, -0.2) is 9.78 Å². The van der Waals surface area contributed by atoms with Crippen LogP contribution < -0.4 is 5.32 Å². The number of carbonyl (C=O) groups excluding carboxylic acids is 1. The third-order valence-corrected chi connectivity index (χ3v) is 1.36. The summed E-state index contributed by atoms with van der Waals surface area (Å²) in [6.07, 6.45) is -0.661. The Morgan fingerprint density at radius 2 is 2.46 bits per heavy atom. The highest BCUT2D eigenvalue weighted by atomic mass is 16.5. The SMILES string of the molecule is COC(=O)Nc1oc(C)nc1CO. The quantitative estimate of drug-likeness (QED) is 0.708. The van der Waals surface area contributed by atoms with E-state index in [-0.39, 0.29) is 18.2 Å². The fourth-order valence-electron chi connectivity index (χ4n) is 0.819. The molecule has 0 aliphatic rings. The zero-order chi connectivity index (χ0) is 9.84. The number of methoxy groups -OCH3 is 1. The third kappa shape index (κ3) is 2.19. The van der Waals surface area contributed by atoms with Crippen LogP contribution >= 0.6 is 0 Å². The molecule has 0 spiro atoms. The van der Waals surface area contributed by atoms with E-state index in [1.807, 2.05) is 0 Å². The van der Waals surface area contributed by atoms with E-state index in [1.54, 1.807) is 6.92 Å². The van der Waals surface area contributed by atoms with Gasteiger partial charge in [-0.15, -0.1) is 0 Å². The minimum Gasteiger partial charge on any atom is -0.453 e. The van der Waals surface area contributed by atoms with Gasteiger partial charge in [-0.05, 0) is 0 Å². The summed E-state index contributed by atoms with van der Waals surface area (Å²) in [7, 11) is 1.23. The van der Waals surface area contributed by atoms with Crippen LogP contribution in [0, 0.1) is 6.92 Å². The van der Waals surface area contributed by atoms with Gasteiger partial charge < -0.3 is 14.3 Å². The standard InChI is InChI=1S/C7H10N2O4/c1-4-8-5(3-10)6(13-4)9-7(11)12-2/h10H,3H2,1-2H3,(H,9,11). The summed E-state index contributed by atoms with van der Waals surface area (Å²) in [5.41, 5.74) is 0.280. The van der Waals surface area contributed by atoms with Crippen molar-refractivity contribution in [1.29, 1.82) is 0 Å². The highest BCUT2D eigenvalue weighted by Gasteiger charge is 2.12.